The molecule has 0 bridgehead atoms. The summed E-state index contributed by atoms with van der Waals surface area (Å²) in [5, 5.41) is 0. The van der Waals surface area contributed by atoms with E-state index in [4.69, 9.17) is 0 Å². The highest BCUT2D eigenvalue weighted by atomic mass is 16.1. The lowest BCUT2D eigenvalue weighted by atomic mass is 9.93. The topological polar surface area (TPSA) is 17.1 Å². The Bertz CT molecular complexity index is 416. The molecule has 0 saturated heterocycles. The van der Waals surface area contributed by atoms with Crippen LogP contribution >= 0.6 is 0 Å². The minimum Gasteiger partial charge on any atom is -0.290 e. The van der Waals surface area contributed by atoms with Crippen LogP contribution in [0.5, 0.6) is 0 Å². The van der Waals surface area contributed by atoms with Crippen LogP contribution in [0.3, 0.4) is 0 Å². The first-order chi connectivity index (χ1) is 6.27. The fourth-order valence-electron chi connectivity index (χ4n) is 1.43. The van der Waals surface area contributed by atoms with Crippen LogP contribution in [0.2, 0.25) is 0 Å². The van der Waals surface area contributed by atoms with Crippen molar-refractivity contribution in [2.24, 2.45) is 0 Å². The van der Waals surface area contributed by atoms with E-state index in [1.165, 1.54) is 5.57 Å². The van der Waals surface area contributed by atoms with Crippen molar-refractivity contribution >= 4 is 5.57 Å². The van der Waals surface area contributed by atoms with Crippen molar-refractivity contribution in [3.63, 3.8) is 0 Å². The molecule has 0 aliphatic heterocycles. The third-order valence-corrected chi connectivity index (χ3v) is 2.47. The van der Waals surface area contributed by atoms with Crippen LogP contribution in [0.15, 0.2) is 35.1 Å². The Morgan fingerprint density at radius 1 is 1.31 bits per heavy atom. The molecule has 1 nitrogen and oxygen atoms in total. The van der Waals surface area contributed by atoms with E-state index in [1.807, 2.05) is 25.1 Å². The first-order valence-electron chi connectivity index (χ1n) is 4.58. The highest BCUT2D eigenvalue weighted by Gasteiger charge is 2.07. The summed E-state index contributed by atoms with van der Waals surface area (Å²) in [6.45, 7) is 1.85. The summed E-state index contributed by atoms with van der Waals surface area (Å²) in [5.41, 5.74) is 3.34. The van der Waals surface area contributed by atoms with Gasteiger partial charge in [-0.1, -0.05) is 24.3 Å². The highest BCUT2D eigenvalue weighted by molar-refractivity contribution is 5.69. The molecule has 0 saturated carbocycles. The van der Waals surface area contributed by atoms with Crippen molar-refractivity contribution in [1.82, 2.24) is 0 Å². The molecule has 1 aliphatic carbocycles. The molecule has 0 spiro atoms. The van der Waals surface area contributed by atoms with Crippen LogP contribution in [0, 0.1) is 6.92 Å². The largest absolute Gasteiger partial charge is 0.290 e. The van der Waals surface area contributed by atoms with Crippen LogP contribution in [0.25, 0.3) is 5.57 Å². The number of allylic oxidation sites excluding steroid dienone is 2. The van der Waals surface area contributed by atoms with Crippen molar-refractivity contribution in [3.8, 4) is 0 Å². The van der Waals surface area contributed by atoms with Gasteiger partial charge in [-0.25, -0.2) is 0 Å². The van der Waals surface area contributed by atoms with Gasteiger partial charge in [0.25, 0.3) is 0 Å². The second-order valence-electron chi connectivity index (χ2n) is 3.44. The summed E-state index contributed by atoms with van der Waals surface area (Å²) >= 11 is 0. The van der Waals surface area contributed by atoms with Crippen LogP contribution in [0.1, 0.15) is 24.0 Å². The second kappa shape index (κ2) is 3.17. The summed E-state index contributed by atoms with van der Waals surface area (Å²) in [5.74, 6) is 0. The Balaban J connectivity index is 2.56. The molecule has 1 heteroatoms. The maximum atomic E-state index is 11.5. The first-order valence-corrected chi connectivity index (χ1v) is 4.58. The van der Waals surface area contributed by atoms with Gasteiger partial charge in [0, 0.05) is 0 Å². The molecule has 0 N–H and O–H groups in total. The SMILES string of the molecule is Cc1cccc(C2=CCC2)cc1=O. The van der Waals surface area contributed by atoms with E-state index in [1.54, 1.807) is 6.07 Å². The monoisotopic (exact) mass is 172 g/mol. The summed E-state index contributed by atoms with van der Waals surface area (Å²) in [7, 11) is 0. The van der Waals surface area contributed by atoms with Gasteiger partial charge in [-0.15, -0.1) is 0 Å². The zero-order valence-corrected chi connectivity index (χ0v) is 7.71. The third kappa shape index (κ3) is 1.55. The molecule has 0 heterocycles. The van der Waals surface area contributed by atoms with E-state index in [0.29, 0.717) is 0 Å². The molecule has 13 heavy (non-hydrogen) atoms. The van der Waals surface area contributed by atoms with E-state index in [9.17, 15) is 4.79 Å². The first kappa shape index (κ1) is 8.24. The summed E-state index contributed by atoms with van der Waals surface area (Å²) in [6.07, 6.45) is 4.45. The Morgan fingerprint density at radius 3 is 2.69 bits per heavy atom. The van der Waals surface area contributed by atoms with Crippen LogP contribution < -0.4 is 5.43 Å². The van der Waals surface area contributed by atoms with Gasteiger partial charge in [-0.3, -0.25) is 4.79 Å². The molecule has 0 fully saturated rings. The van der Waals surface area contributed by atoms with Crippen molar-refractivity contribution in [1.29, 1.82) is 0 Å². The molecule has 1 aliphatic rings. The third-order valence-electron chi connectivity index (χ3n) is 2.47. The van der Waals surface area contributed by atoms with Gasteiger partial charge < -0.3 is 0 Å². The quantitative estimate of drug-likeness (QED) is 0.636. The molecular formula is C12H12O. The fraction of sp³-hybridized carbons (Fsp3) is 0.250. The predicted octanol–water partition coefficient (Wildman–Crippen LogP) is 2.53. The molecular weight excluding hydrogens is 160 g/mol. The average molecular weight is 172 g/mol. The Hall–Kier alpha value is -1.37. The Morgan fingerprint density at radius 2 is 2.08 bits per heavy atom. The van der Waals surface area contributed by atoms with Gasteiger partial charge in [0.05, 0.1) is 0 Å². The van der Waals surface area contributed by atoms with Crippen molar-refractivity contribution in [2.75, 3.05) is 0 Å². The van der Waals surface area contributed by atoms with E-state index < -0.39 is 0 Å². The molecule has 66 valence electrons. The smallest absolute Gasteiger partial charge is 0.182 e. The molecule has 1 aromatic rings. The minimum atomic E-state index is 0.132. The lowest BCUT2D eigenvalue weighted by molar-refractivity contribution is 0.988. The van der Waals surface area contributed by atoms with E-state index in [-0.39, 0.29) is 5.43 Å². The maximum absolute atomic E-state index is 11.5. The second-order valence-corrected chi connectivity index (χ2v) is 3.44. The van der Waals surface area contributed by atoms with Gasteiger partial charge in [-0.2, -0.15) is 0 Å². The molecule has 0 aromatic heterocycles. The van der Waals surface area contributed by atoms with Gasteiger partial charge in [0.1, 0.15) is 0 Å². The normalized spacial score (nSPS) is 14.7. The standard InChI is InChI=1S/C12H12O/c1-9-4-2-7-11(8-12(9)13)10-5-3-6-10/h2,4-5,7-8H,3,6H2,1H3. The zero-order chi connectivity index (χ0) is 9.26. The van der Waals surface area contributed by atoms with Gasteiger partial charge in [0.15, 0.2) is 5.43 Å². The predicted molar refractivity (Wildman–Crippen MR) is 54.7 cm³/mol. The molecule has 0 atom stereocenters. The number of rotatable bonds is 1. The molecule has 0 unspecified atom stereocenters. The van der Waals surface area contributed by atoms with Gasteiger partial charge in [-0.05, 0) is 42.5 Å². The Kier molecular flexibility index (Phi) is 2.01. The van der Waals surface area contributed by atoms with E-state index >= 15 is 0 Å². The van der Waals surface area contributed by atoms with Gasteiger partial charge >= 0.3 is 0 Å². The Labute approximate surface area is 77.7 Å². The fourth-order valence-corrected chi connectivity index (χ4v) is 1.43. The van der Waals surface area contributed by atoms with E-state index in [2.05, 4.69) is 6.08 Å². The maximum Gasteiger partial charge on any atom is 0.182 e. The number of aryl methyl sites for hydroxylation is 1. The van der Waals surface area contributed by atoms with Crippen molar-refractivity contribution in [2.45, 2.75) is 19.8 Å². The molecule has 2 rings (SSSR count). The summed E-state index contributed by atoms with van der Waals surface area (Å²) in [4.78, 5) is 11.5. The number of hydrogen-bond donors (Lipinski definition) is 0. The van der Waals surface area contributed by atoms with Crippen LogP contribution in [-0.4, -0.2) is 0 Å². The highest BCUT2D eigenvalue weighted by Crippen LogP contribution is 2.27. The summed E-state index contributed by atoms with van der Waals surface area (Å²) in [6, 6.07) is 7.57. The summed E-state index contributed by atoms with van der Waals surface area (Å²) < 4.78 is 0. The van der Waals surface area contributed by atoms with E-state index in [0.717, 1.165) is 24.0 Å². The number of hydrogen-bond acceptors (Lipinski definition) is 1. The van der Waals surface area contributed by atoms with Crippen molar-refractivity contribution < 1.29 is 0 Å². The molecule has 0 radical (unpaired) electrons. The van der Waals surface area contributed by atoms with Crippen LogP contribution in [-0.2, 0) is 0 Å². The molecule has 1 aromatic carbocycles. The molecule has 0 amide bonds. The minimum absolute atomic E-state index is 0.132. The van der Waals surface area contributed by atoms with Gasteiger partial charge in [0.2, 0.25) is 0 Å². The lowest BCUT2D eigenvalue weighted by Gasteiger charge is -2.12. The zero-order valence-electron chi connectivity index (χ0n) is 7.71. The lowest BCUT2D eigenvalue weighted by Crippen LogP contribution is -2.01. The average Bonchev–Trinajstić information content (AvgIpc) is 2.12. The van der Waals surface area contributed by atoms with Crippen LogP contribution in [0.4, 0.5) is 0 Å². The van der Waals surface area contributed by atoms with Crippen molar-refractivity contribution in [3.05, 3.63) is 51.7 Å².